The topological polar surface area (TPSA) is 26.3 Å². The van der Waals surface area contributed by atoms with Crippen LogP contribution in [0.15, 0.2) is 12.7 Å². The quantitative estimate of drug-likeness (QED) is 0.391. The summed E-state index contributed by atoms with van der Waals surface area (Å²) in [5, 5.41) is 0. The van der Waals surface area contributed by atoms with E-state index in [2.05, 4.69) is 11.0 Å². The summed E-state index contributed by atoms with van der Waals surface area (Å²) in [5.74, 6) is -0.346. The van der Waals surface area contributed by atoms with Crippen LogP contribution in [-0.2, 0) is 9.22 Å². The molecule has 5 heteroatoms. The third kappa shape index (κ3) is 6.13. The highest BCUT2D eigenvalue weighted by atomic mass is 35.7. The molecule has 0 rings (SSSR count). The maximum absolute atomic E-state index is 10.6. The van der Waals surface area contributed by atoms with Gasteiger partial charge in [0, 0.05) is 6.42 Å². The maximum atomic E-state index is 10.6. The molecule has 0 spiro atoms. The normalized spacial score (nSPS) is 9.50. The molecule has 2 nitrogen and oxygen atoms in total. The van der Waals surface area contributed by atoms with Crippen LogP contribution < -0.4 is 0 Å². The molecule has 0 aliphatic carbocycles. The van der Waals surface area contributed by atoms with Crippen LogP contribution in [0.3, 0.4) is 0 Å². The molecule has 58 valence electrons. The summed E-state index contributed by atoms with van der Waals surface area (Å²) >= 11 is 10.6. The minimum Gasteiger partial charge on any atom is -0.494 e. The van der Waals surface area contributed by atoms with Crippen molar-refractivity contribution in [3.05, 3.63) is 12.7 Å². The lowest BCUT2D eigenvalue weighted by Gasteiger charge is -2.00. The molecule has 0 aliphatic heterocycles. The second-order valence-corrected chi connectivity index (χ2v) is 5.38. The van der Waals surface area contributed by atoms with Crippen LogP contribution >= 0.6 is 22.2 Å². The van der Waals surface area contributed by atoms with Gasteiger partial charge in [-0.2, -0.15) is 0 Å². The van der Waals surface area contributed by atoms with E-state index in [4.69, 9.17) is 22.2 Å². The van der Waals surface area contributed by atoms with Gasteiger partial charge in [-0.05, 0) is 6.42 Å². The van der Waals surface area contributed by atoms with Crippen molar-refractivity contribution in [3.8, 4) is 0 Å². The summed E-state index contributed by atoms with van der Waals surface area (Å²) in [6.07, 6.45) is 2.56. The van der Waals surface area contributed by atoms with Crippen LogP contribution in [0, 0.1) is 0 Å². The average molecular weight is 199 g/mol. The van der Waals surface area contributed by atoms with Crippen molar-refractivity contribution in [3.63, 3.8) is 0 Å². The molecular formula is C5H8Cl2O2Si. The Morgan fingerprint density at radius 1 is 1.70 bits per heavy atom. The lowest BCUT2D eigenvalue weighted by molar-refractivity contribution is -0.134. The van der Waals surface area contributed by atoms with Crippen molar-refractivity contribution < 1.29 is 9.22 Å². The molecular weight excluding hydrogens is 191 g/mol. The molecule has 0 aromatic carbocycles. The Kier molecular flexibility index (Phi) is 5.77. The molecule has 0 fully saturated rings. The molecule has 0 radical (unpaired) electrons. The summed E-state index contributed by atoms with van der Waals surface area (Å²) in [5.41, 5.74) is 0. The molecule has 0 amide bonds. The van der Waals surface area contributed by atoms with E-state index in [-0.39, 0.29) is 5.97 Å². The summed E-state index contributed by atoms with van der Waals surface area (Å²) in [4.78, 5) is 10.6. The summed E-state index contributed by atoms with van der Waals surface area (Å²) in [6, 6.07) is 0. The fourth-order valence-corrected chi connectivity index (χ4v) is 1.29. The van der Waals surface area contributed by atoms with Crippen LogP contribution in [0.25, 0.3) is 0 Å². The smallest absolute Gasteiger partial charge is 0.435 e. The number of halogens is 2. The van der Waals surface area contributed by atoms with Gasteiger partial charge in [0.15, 0.2) is 0 Å². The number of hydrogen-bond acceptors (Lipinski definition) is 2. The van der Waals surface area contributed by atoms with Gasteiger partial charge in [0.2, 0.25) is 0 Å². The van der Waals surface area contributed by atoms with E-state index in [9.17, 15) is 4.79 Å². The van der Waals surface area contributed by atoms with Crippen molar-refractivity contribution in [1.29, 1.82) is 0 Å². The van der Waals surface area contributed by atoms with Gasteiger partial charge in [-0.3, -0.25) is 4.79 Å². The van der Waals surface area contributed by atoms with E-state index in [0.29, 0.717) is 12.8 Å². The Morgan fingerprint density at radius 3 is 2.70 bits per heavy atom. The zero-order chi connectivity index (χ0) is 7.98. The molecule has 0 aromatic rings. The largest absolute Gasteiger partial charge is 0.494 e. The third-order valence-corrected chi connectivity index (χ3v) is 1.75. The fraction of sp³-hybridized carbons (Fsp3) is 0.400. The van der Waals surface area contributed by atoms with Crippen molar-refractivity contribution >= 4 is 35.8 Å². The number of carbonyl (C=O) groups excluding carboxylic acids is 1. The lowest BCUT2D eigenvalue weighted by Crippen LogP contribution is -2.10. The van der Waals surface area contributed by atoms with Gasteiger partial charge in [-0.15, -0.1) is 28.7 Å². The summed E-state index contributed by atoms with van der Waals surface area (Å²) in [6.45, 7) is 3.45. The van der Waals surface area contributed by atoms with Gasteiger partial charge in [-0.1, -0.05) is 6.08 Å². The van der Waals surface area contributed by atoms with Gasteiger partial charge in [0.05, 0.1) is 0 Å². The number of carbonyl (C=O) groups is 1. The Hall–Kier alpha value is 0.00688. The van der Waals surface area contributed by atoms with Crippen molar-refractivity contribution in [1.82, 2.24) is 0 Å². The Labute approximate surface area is 70.9 Å². The molecule has 0 N–H and O–H groups in total. The standard InChI is InChI=1S/C5H8Cl2O2Si/c1-2-3-4-5(8)9-10(6)7/h2,10H,1,3-4H2. The van der Waals surface area contributed by atoms with Crippen molar-refractivity contribution in [2.75, 3.05) is 0 Å². The van der Waals surface area contributed by atoms with E-state index in [1.807, 2.05) is 0 Å². The maximum Gasteiger partial charge on any atom is 0.435 e. The second-order valence-electron chi connectivity index (χ2n) is 1.58. The highest BCUT2D eigenvalue weighted by molar-refractivity contribution is 7.31. The second kappa shape index (κ2) is 5.77. The van der Waals surface area contributed by atoms with Gasteiger partial charge >= 0.3 is 7.66 Å². The number of hydrogen-bond donors (Lipinski definition) is 0. The zero-order valence-electron chi connectivity index (χ0n) is 5.35. The first-order valence-corrected chi connectivity index (χ1v) is 6.71. The molecule has 0 saturated carbocycles. The highest BCUT2D eigenvalue weighted by Crippen LogP contribution is 2.01. The molecule has 0 unspecified atom stereocenters. The van der Waals surface area contributed by atoms with Crippen molar-refractivity contribution in [2.24, 2.45) is 0 Å². The SMILES string of the molecule is C=CCCC(=O)O[SiH](Cl)Cl. The van der Waals surface area contributed by atoms with Gasteiger partial charge in [0.25, 0.3) is 5.97 Å². The first-order chi connectivity index (χ1) is 4.66. The molecule has 0 heterocycles. The lowest BCUT2D eigenvalue weighted by atomic mass is 10.3. The number of rotatable bonds is 4. The van der Waals surface area contributed by atoms with E-state index in [0.717, 1.165) is 0 Å². The molecule has 0 aliphatic rings. The van der Waals surface area contributed by atoms with Gasteiger partial charge < -0.3 is 4.43 Å². The van der Waals surface area contributed by atoms with Crippen molar-refractivity contribution in [2.45, 2.75) is 12.8 Å². The van der Waals surface area contributed by atoms with Gasteiger partial charge in [0.1, 0.15) is 0 Å². The number of allylic oxidation sites excluding steroid dienone is 1. The molecule has 0 atom stereocenters. The summed E-state index contributed by atoms with van der Waals surface area (Å²) < 4.78 is 4.54. The molecule has 0 saturated heterocycles. The van der Waals surface area contributed by atoms with Crippen LogP contribution in [0.5, 0.6) is 0 Å². The van der Waals surface area contributed by atoms with E-state index in [1.54, 1.807) is 6.08 Å². The van der Waals surface area contributed by atoms with Crippen LogP contribution in [0.1, 0.15) is 12.8 Å². The Balaban J connectivity index is 3.34. The molecule has 0 bridgehead atoms. The molecule has 10 heavy (non-hydrogen) atoms. The first-order valence-electron chi connectivity index (χ1n) is 2.75. The van der Waals surface area contributed by atoms with E-state index in [1.165, 1.54) is 0 Å². The zero-order valence-corrected chi connectivity index (χ0v) is 8.02. The minimum absolute atomic E-state index is 0.312. The van der Waals surface area contributed by atoms with Gasteiger partial charge in [-0.25, -0.2) is 0 Å². The predicted molar refractivity (Wildman–Crippen MR) is 44.4 cm³/mol. The summed E-state index contributed by atoms with van der Waals surface area (Å²) in [7, 11) is -2.21. The molecule has 0 aromatic heterocycles. The monoisotopic (exact) mass is 198 g/mol. The Morgan fingerprint density at radius 2 is 2.30 bits per heavy atom. The Bertz CT molecular complexity index is 127. The van der Waals surface area contributed by atoms with Crippen LogP contribution in [-0.4, -0.2) is 13.6 Å². The van der Waals surface area contributed by atoms with E-state index < -0.39 is 7.66 Å². The first kappa shape index (κ1) is 10.0. The fourth-order valence-electron chi connectivity index (χ4n) is 0.378. The third-order valence-electron chi connectivity index (χ3n) is 0.773. The van der Waals surface area contributed by atoms with Crippen LogP contribution in [0.4, 0.5) is 0 Å². The average Bonchev–Trinajstić information content (AvgIpc) is 1.82. The minimum atomic E-state index is -2.21. The predicted octanol–water partition coefficient (Wildman–Crippen LogP) is 1.69. The van der Waals surface area contributed by atoms with E-state index >= 15 is 0 Å². The van der Waals surface area contributed by atoms with Crippen LogP contribution in [0.2, 0.25) is 0 Å². The highest BCUT2D eigenvalue weighted by Gasteiger charge is 2.08.